The van der Waals surface area contributed by atoms with E-state index in [1.165, 1.54) is 7.11 Å². The zero-order valence-corrected chi connectivity index (χ0v) is 12.3. The Morgan fingerprint density at radius 3 is 2.76 bits per heavy atom. The first-order chi connectivity index (χ1) is 10.1. The third kappa shape index (κ3) is 3.92. The summed E-state index contributed by atoms with van der Waals surface area (Å²) in [6.45, 7) is 3.71. The molecule has 6 heteroatoms. The maximum atomic E-state index is 12.0. The minimum atomic E-state index is -0.357. The number of ether oxygens (including phenoxy) is 1. The van der Waals surface area contributed by atoms with Crippen molar-refractivity contribution in [1.29, 1.82) is 0 Å². The molecule has 0 bridgehead atoms. The van der Waals surface area contributed by atoms with Gasteiger partial charge in [-0.3, -0.25) is 10.3 Å². The Hall–Kier alpha value is -2.63. The van der Waals surface area contributed by atoms with Crippen molar-refractivity contribution < 1.29 is 9.53 Å². The zero-order chi connectivity index (χ0) is 15.2. The fraction of sp³-hybridized carbons (Fsp3) is 0.267. The monoisotopic (exact) mass is 286 g/mol. The third-order valence-corrected chi connectivity index (χ3v) is 2.93. The molecule has 6 nitrogen and oxygen atoms in total. The van der Waals surface area contributed by atoms with Crippen molar-refractivity contribution in [1.82, 2.24) is 15.3 Å². The number of hydrogen-bond acceptors (Lipinski definition) is 4. The summed E-state index contributed by atoms with van der Waals surface area (Å²) in [5.74, 6) is 0.907. The largest absolute Gasteiger partial charge is 0.493 e. The molecule has 1 atom stereocenters. The number of urea groups is 1. The van der Waals surface area contributed by atoms with Crippen molar-refractivity contribution in [2.24, 2.45) is 0 Å². The molecule has 0 fully saturated rings. The number of carbonyl (C=O) groups is 1. The fourth-order valence-corrected chi connectivity index (χ4v) is 1.84. The average molecular weight is 286 g/mol. The Balaban J connectivity index is 2.04. The molecule has 0 aromatic carbocycles. The molecular weight excluding hydrogens is 268 g/mol. The van der Waals surface area contributed by atoms with Crippen LogP contribution < -0.4 is 15.4 Å². The lowest BCUT2D eigenvalue weighted by molar-refractivity contribution is 0.249. The number of methoxy groups -OCH3 is 1. The van der Waals surface area contributed by atoms with Crippen LogP contribution >= 0.6 is 0 Å². The van der Waals surface area contributed by atoms with Crippen molar-refractivity contribution in [3.8, 4) is 5.75 Å². The van der Waals surface area contributed by atoms with Crippen molar-refractivity contribution in [3.63, 3.8) is 0 Å². The van der Waals surface area contributed by atoms with Crippen LogP contribution in [0.1, 0.15) is 24.4 Å². The van der Waals surface area contributed by atoms with Gasteiger partial charge in [0, 0.05) is 11.9 Å². The number of hydrogen-bond donors (Lipinski definition) is 2. The first kappa shape index (κ1) is 14.8. The van der Waals surface area contributed by atoms with Gasteiger partial charge in [0.05, 0.1) is 18.8 Å². The molecule has 0 saturated heterocycles. The fourth-order valence-electron chi connectivity index (χ4n) is 1.84. The maximum Gasteiger partial charge on any atom is 0.321 e. The Bertz CT molecular complexity index is 616. The molecule has 2 N–H and O–H groups in total. The second kappa shape index (κ2) is 6.69. The topological polar surface area (TPSA) is 76.1 Å². The molecule has 2 aromatic heterocycles. The van der Waals surface area contributed by atoms with E-state index in [9.17, 15) is 4.79 Å². The maximum absolute atomic E-state index is 12.0. The molecule has 2 heterocycles. The molecule has 0 radical (unpaired) electrons. The highest BCUT2D eigenvalue weighted by molar-refractivity contribution is 5.89. The number of nitrogens with one attached hydrogen (secondary N) is 2. The van der Waals surface area contributed by atoms with Gasteiger partial charge in [0.15, 0.2) is 11.6 Å². The molecule has 2 rings (SSSR count). The first-order valence-electron chi connectivity index (χ1n) is 6.60. The highest BCUT2D eigenvalue weighted by Gasteiger charge is 2.13. The van der Waals surface area contributed by atoms with Crippen LogP contribution in [-0.2, 0) is 0 Å². The van der Waals surface area contributed by atoms with Gasteiger partial charge < -0.3 is 10.1 Å². The Morgan fingerprint density at radius 2 is 2.10 bits per heavy atom. The summed E-state index contributed by atoms with van der Waals surface area (Å²) in [7, 11) is 1.53. The molecule has 0 aliphatic rings. The van der Waals surface area contributed by atoms with Gasteiger partial charge in [-0.2, -0.15) is 0 Å². The first-order valence-corrected chi connectivity index (χ1v) is 6.60. The van der Waals surface area contributed by atoms with Gasteiger partial charge in [0.25, 0.3) is 0 Å². The van der Waals surface area contributed by atoms with Gasteiger partial charge in [-0.1, -0.05) is 6.07 Å². The highest BCUT2D eigenvalue weighted by atomic mass is 16.5. The Labute approximate surface area is 123 Å². The van der Waals surface area contributed by atoms with Gasteiger partial charge in [-0.25, -0.2) is 9.78 Å². The minimum absolute atomic E-state index is 0.206. The van der Waals surface area contributed by atoms with E-state index in [1.54, 1.807) is 12.3 Å². The van der Waals surface area contributed by atoms with Gasteiger partial charge >= 0.3 is 6.03 Å². The predicted molar refractivity (Wildman–Crippen MR) is 80.3 cm³/mol. The number of aryl methyl sites for hydroxylation is 1. The number of nitrogens with zero attached hydrogens (tertiary/aromatic N) is 2. The molecule has 2 aromatic rings. The summed E-state index contributed by atoms with van der Waals surface area (Å²) < 4.78 is 5.17. The lowest BCUT2D eigenvalue weighted by Crippen LogP contribution is -2.32. The van der Waals surface area contributed by atoms with Crippen LogP contribution in [0.4, 0.5) is 10.6 Å². The second-order valence-corrected chi connectivity index (χ2v) is 4.58. The van der Waals surface area contributed by atoms with Gasteiger partial charge in [0.1, 0.15) is 0 Å². The van der Waals surface area contributed by atoms with Gasteiger partial charge in [-0.05, 0) is 38.1 Å². The Kier molecular flexibility index (Phi) is 4.71. The highest BCUT2D eigenvalue weighted by Crippen LogP contribution is 2.21. The van der Waals surface area contributed by atoms with Crippen molar-refractivity contribution >= 4 is 11.8 Å². The van der Waals surface area contributed by atoms with Crippen LogP contribution in [0, 0.1) is 6.92 Å². The van der Waals surface area contributed by atoms with E-state index in [0.29, 0.717) is 11.6 Å². The normalized spacial score (nSPS) is 11.6. The minimum Gasteiger partial charge on any atom is -0.493 e. The van der Waals surface area contributed by atoms with E-state index in [-0.39, 0.29) is 12.1 Å². The SMILES string of the molecule is COc1ccc(C)nc1NC(=O)N[C@@H](C)c1ccccn1. The second-order valence-electron chi connectivity index (χ2n) is 4.58. The summed E-state index contributed by atoms with van der Waals surface area (Å²) in [4.78, 5) is 20.5. The summed E-state index contributed by atoms with van der Waals surface area (Å²) in [5, 5.41) is 5.50. The molecule has 0 aliphatic heterocycles. The molecule has 0 aliphatic carbocycles. The lowest BCUT2D eigenvalue weighted by atomic mass is 10.2. The number of anilines is 1. The van der Waals surface area contributed by atoms with E-state index in [2.05, 4.69) is 20.6 Å². The van der Waals surface area contributed by atoms with Crippen molar-refractivity contribution in [2.75, 3.05) is 12.4 Å². The summed E-state index contributed by atoms with van der Waals surface area (Å²) >= 11 is 0. The predicted octanol–water partition coefficient (Wildman–Crippen LogP) is 2.68. The van der Waals surface area contributed by atoms with Crippen LogP contribution in [0.25, 0.3) is 0 Å². The van der Waals surface area contributed by atoms with Gasteiger partial charge in [-0.15, -0.1) is 0 Å². The molecule has 2 amide bonds. The number of pyridine rings is 2. The van der Waals surface area contributed by atoms with Crippen LogP contribution in [0.5, 0.6) is 5.75 Å². The zero-order valence-electron chi connectivity index (χ0n) is 12.3. The van der Waals surface area contributed by atoms with E-state index >= 15 is 0 Å². The van der Waals surface area contributed by atoms with E-state index in [1.807, 2.05) is 38.1 Å². The summed E-state index contributed by atoms with van der Waals surface area (Å²) in [6.07, 6.45) is 1.69. The standard InChI is InChI=1S/C15H18N4O2/c1-10-7-8-13(21-3)14(17-10)19-15(20)18-11(2)12-6-4-5-9-16-12/h4-9,11H,1-3H3,(H2,17,18,19,20)/t11-/m0/s1. The molecule has 110 valence electrons. The molecule has 0 unspecified atom stereocenters. The van der Waals surface area contributed by atoms with Crippen molar-refractivity contribution in [3.05, 3.63) is 47.9 Å². The summed E-state index contributed by atoms with van der Waals surface area (Å²) in [6, 6.07) is 8.59. The van der Waals surface area contributed by atoms with Gasteiger partial charge in [0.2, 0.25) is 0 Å². The number of aromatic nitrogens is 2. The van der Waals surface area contributed by atoms with Crippen molar-refractivity contribution in [2.45, 2.75) is 19.9 Å². The van der Waals surface area contributed by atoms with E-state index in [4.69, 9.17) is 4.74 Å². The number of carbonyl (C=O) groups excluding carboxylic acids is 1. The summed E-state index contributed by atoms with van der Waals surface area (Å²) in [5.41, 5.74) is 1.58. The van der Waals surface area contributed by atoms with E-state index < -0.39 is 0 Å². The molecule has 0 spiro atoms. The number of amides is 2. The quantitative estimate of drug-likeness (QED) is 0.906. The Morgan fingerprint density at radius 1 is 1.29 bits per heavy atom. The third-order valence-electron chi connectivity index (χ3n) is 2.93. The van der Waals surface area contributed by atoms with E-state index in [0.717, 1.165) is 11.4 Å². The van der Waals surface area contributed by atoms with Crippen LogP contribution in [0.2, 0.25) is 0 Å². The molecule has 0 saturated carbocycles. The number of rotatable bonds is 4. The van der Waals surface area contributed by atoms with Crippen LogP contribution in [-0.4, -0.2) is 23.1 Å². The lowest BCUT2D eigenvalue weighted by Gasteiger charge is -2.15. The molecule has 21 heavy (non-hydrogen) atoms. The average Bonchev–Trinajstić information content (AvgIpc) is 2.48. The van der Waals surface area contributed by atoms with Crippen LogP contribution in [0.3, 0.4) is 0 Å². The molecular formula is C15H18N4O2. The van der Waals surface area contributed by atoms with Crippen LogP contribution in [0.15, 0.2) is 36.5 Å². The smallest absolute Gasteiger partial charge is 0.321 e.